The van der Waals surface area contributed by atoms with E-state index in [1.54, 1.807) is 42.5 Å². The van der Waals surface area contributed by atoms with Gasteiger partial charge in [0.2, 0.25) is 5.75 Å². The van der Waals surface area contributed by atoms with Crippen LogP contribution in [0.3, 0.4) is 0 Å². The molecule has 0 amide bonds. The summed E-state index contributed by atoms with van der Waals surface area (Å²) in [5, 5.41) is 11.2. The van der Waals surface area contributed by atoms with Crippen LogP contribution in [0.5, 0.6) is 5.75 Å². The van der Waals surface area contributed by atoms with Gasteiger partial charge >= 0.3 is 5.69 Å². The third-order valence-electron chi connectivity index (χ3n) is 4.48. The van der Waals surface area contributed by atoms with Crippen molar-refractivity contribution in [1.82, 2.24) is 0 Å². The van der Waals surface area contributed by atoms with Crippen LogP contribution in [0.4, 0.5) is 5.69 Å². The summed E-state index contributed by atoms with van der Waals surface area (Å²) in [6.45, 7) is 0. The van der Waals surface area contributed by atoms with Gasteiger partial charge in [0.1, 0.15) is 11.5 Å². The Morgan fingerprint density at radius 1 is 0.929 bits per heavy atom. The fraction of sp³-hybridized carbons (Fsp3) is 0.0476. The van der Waals surface area contributed by atoms with Gasteiger partial charge in [0.15, 0.2) is 11.6 Å². The predicted octanol–water partition coefficient (Wildman–Crippen LogP) is 4.33. The molecule has 3 aromatic rings. The lowest BCUT2D eigenvalue weighted by Crippen LogP contribution is -1.99. The minimum absolute atomic E-state index is 0.0214. The van der Waals surface area contributed by atoms with Crippen molar-refractivity contribution < 1.29 is 23.7 Å². The first kappa shape index (κ1) is 17.4. The zero-order valence-electron chi connectivity index (χ0n) is 14.7. The number of para-hydroxylation sites is 1. The highest BCUT2D eigenvalue weighted by atomic mass is 16.6. The molecule has 0 bridgehead atoms. The first-order chi connectivity index (χ1) is 13.5. The molecule has 0 atom stereocenters. The molecule has 138 valence electrons. The topological polar surface area (TPSA) is 99.7 Å². The smallest absolute Gasteiger partial charge is 0.311 e. The number of methoxy groups -OCH3 is 1. The number of nitro groups is 1. The molecule has 0 fully saturated rings. The van der Waals surface area contributed by atoms with Crippen molar-refractivity contribution in [2.24, 2.45) is 0 Å². The Labute approximate surface area is 159 Å². The van der Waals surface area contributed by atoms with Gasteiger partial charge in [-0.05, 0) is 24.3 Å². The molecule has 1 aliphatic carbocycles. The molecule has 0 N–H and O–H groups in total. The SMILES string of the molecule is COc1c(-c2ccc(C=C3C(=O)c4ccccc4C3=O)o2)cccc1[N+](=O)[O-]. The molecule has 1 aliphatic rings. The van der Waals surface area contributed by atoms with Crippen molar-refractivity contribution in [2.75, 3.05) is 7.11 Å². The van der Waals surface area contributed by atoms with Gasteiger partial charge in [0.05, 0.1) is 23.2 Å². The molecule has 1 aromatic heterocycles. The number of Topliss-reactive ketones (excluding diaryl/α,β-unsaturated/α-hetero) is 2. The second-order valence-electron chi connectivity index (χ2n) is 6.08. The number of fused-ring (bicyclic) bond motifs is 1. The average Bonchev–Trinajstić information content (AvgIpc) is 3.27. The normalized spacial score (nSPS) is 12.8. The van der Waals surface area contributed by atoms with E-state index in [1.165, 1.54) is 25.3 Å². The van der Waals surface area contributed by atoms with Crippen LogP contribution in [-0.4, -0.2) is 23.6 Å². The van der Waals surface area contributed by atoms with Gasteiger partial charge in [0, 0.05) is 17.2 Å². The number of benzene rings is 2. The summed E-state index contributed by atoms with van der Waals surface area (Å²) in [5.74, 6) is -0.0321. The van der Waals surface area contributed by atoms with Gasteiger partial charge in [-0.2, -0.15) is 0 Å². The highest BCUT2D eigenvalue weighted by molar-refractivity contribution is 6.41. The Kier molecular flexibility index (Phi) is 4.12. The quantitative estimate of drug-likeness (QED) is 0.291. The van der Waals surface area contributed by atoms with Crippen LogP contribution >= 0.6 is 0 Å². The molecule has 0 saturated carbocycles. The lowest BCUT2D eigenvalue weighted by molar-refractivity contribution is -0.385. The molecule has 1 heterocycles. The number of hydrogen-bond acceptors (Lipinski definition) is 6. The summed E-state index contributed by atoms with van der Waals surface area (Å²) in [6, 6.07) is 14.3. The second-order valence-corrected chi connectivity index (χ2v) is 6.08. The molecule has 0 aliphatic heterocycles. The lowest BCUT2D eigenvalue weighted by Gasteiger charge is -2.06. The molecule has 0 unspecified atom stereocenters. The van der Waals surface area contributed by atoms with E-state index >= 15 is 0 Å². The van der Waals surface area contributed by atoms with Crippen LogP contribution in [0.15, 0.2) is 64.6 Å². The van der Waals surface area contributed by atoms with Crippen molar-refractivity contribution in [3.05, 3.63) is 87.2 Å². The van der Waals surface area contributed by atoms with Crippen LogP contribution in [0.2, 0.25) is 0 Å². The van der Waals surface area contributed by atoms with E-state index < -0.39 is 4.92 Å². The Morgan fingerprint density at radius 2 is 1.57 bits per heavy atom. The maximum Gasteiger partial charge on any atom is 0.311 e. The zero-order chi connectivity index (χ0) is 19.8. The Bertz CT molecular complexity index is 1130. The molecule has 2 aromatic carbocycles. The Morgan fingerprint density at radius 3 is 2.18 bits per heavy atom. The third kappa shape index (κ3) is 2.69. The molecular formula is C21H13NO6. The number of ketones is 2. The number of ether oxygens (including phenoxy) is 1. The summed E-state index contributed by atoms with van der Waals surface area (Å²) >= 11 is 0. The molecule has 7 nitrogen and oxygen atoms in total. The Hall–Kier alpha value is -4.00. The zero-order valence-corrected chi connectivity index (χ0v) is 14.7. The number of nitro benzene ring substituents is 1. The molecule has 4 rings (SSSR count). The molecule has 0 saturated heterocycles. The van der Waals surface area contributed by atoms with Crippen LogP contribution in [0.25, 0.3) is 17.4 Å². The van der Waals surface area contributed by atoms with Crippen molar-refractivity contribution in [3.8, 4) is 17.1 Å². The van der Waals surface area contributed by atoms with E-state index in [-0.39, 0.29) is 34.3 Å². The van der Waals surface area contributed by atoms with Crippen molar-refractivity contribution in [3.63, 3.8) is 0 Å². The molecule has 7 heteroatoms. The monoisotopic (exact) mass is 375 g/mol. The number of carbonyl (C=O) groups is 2. The van der Waals surface area contributed by atoms with E-state index in [0.29, 0.717) is 22.5 Å². The molecular weight excluding hydrogens is 362 g/mol. The molecule has 28 heavy (non-hydrogen) atoms. The summed E-state index contributed by atoms with van der Waals surface area (Å²) < 4.78 is 10.9. The minimum atomic E-state index is -0.540. The maximum absolute atomic E-state index is 12.5. The standard InChI is InChI=1S/C21H13NO6/c1-27-21-15(7-4-8-17(21)22(25)26)18-10-9-12(28-18)11-16-19(23)13-5-2-3-6-14(13)20(16)24/h2-11H,1H3. The Balaban J connectivity index is 1.74. The number of hydrogen-bond donors (Lipinski definition) is 0. The number of carbonyl (C=O) groups excluding carboxylic acids is 2. The first-order valence-corrected chi connectivity index (χ1v) is 8.33. The first-order valence-electron chi connectivity index (χ1n) is 8.33. The highest BCUT2D eigenvalue weighted by Crippen LogP contribution is 2.38. The van der Waals surface area contributed by atoms with E-state index in [4.69, 9.17) is 9.15 Å². The molecule has 0 radical (unpaired) electrons. The number of allylic oxidation sites excluding steroid dienone is 1. The van der Waals surface area contributed by atoms with Crippen molar-refractivity contribution >= 4 is 23.3 Å². The van der Waals surface area contributed by atoms with Gasteiger partial charge in [-0.1, -0.05) is 30.3 Å². The van der Waals surface area contributed by atoms with E-state index in [0.717, 1.165) is 0 Å². The average molecular weight is 375 g/mol. The number of nitrogens with zero attached hydrogens (tertiary/aromatic N) is 1. The molecule has 0 spiro atoms. The van der Waals surface area contributed by atoms with Crippen LogP contribution in [-0.2, 0) is 0 Å². The van der Waals surface area contributed by atoms with Gasteiger partial charge in [-0.3, -0.25) is 19.7 Å². The summed E-state index contributed by atoms with van der Waals surface area (Å²) in [7, 11) is 1.34. The van der Waals surface area contributed by atoms with Crippen molar-refractivity contribution in [1.29, 1.82) is 0 Å². The van der Waals surface area contributed by atoms with E-state index in [9.17, 15) is 19.7 Å². The largest absolute Gasteiger partial charge is 0.490 e. The lowest BCUT2D eigenvalue weighted by atomic mass is 10.1. The van der Waals surface area contributed by atoms with Crippen molar-refractivity contribution in [2.45, 2.75) is 0 Å². The summed E-state index contributed by atoms with van der Waals surface area (Å²) in [4.78, 5) is 35.6. The van der Waals surface area contributed by atoms with E-state index in [2.05, 4.69) is 0 Å². The third-order valence-corrected chi connectivity index (χ3v) is 4.48. The number of furan rings is 1. The van der Waals surface area contributed by atoms with Gasteiger partial charge < -0.3 is 9.15 Å². The highest BCUT2D eigenvalue weighted by Gasteiger charge is 2.32. The fourth-order valence-electron chi connectivity index (χ4n) is 3.20. The maximum atomic E-state index is 12.5. The summed E-state index contributed by atoms with van der Waals surface area (Å²) in [5.41, 5.74) is 0.964. The van der Waals surface area contributed by atoms with Gasteiger partial charge in [-0.25, -0.2) is 0 Å². The van der Waals surface area contributed by atoms with E-state index in [1.807, 2.05) is 0 Å². The summed E-state index contributed by atoms with van der Waals surface area (Å²) in [6.07, 6.45) is 1.39. The minimum Gasteiger partial charge on any atom is -0.490 e. The van der Waals surface area contributed by atoms with Gasteiger partial charge in [0.25, 0.3) is 0 Å². The van der Waals surface area contributed by atoms with Crippen LogP contribution in [0, 0.1) is 10.1 Å². The number of rotatable bonds is 4. The van der Waals surface area contributed by atoms with Crippen LogP contribution in [0.1, 0.15) is 26.5 Å². The second kappa shape index (κ2) is 6.62. The van der Waals surface area contributed by atoms with Gasteiger partial charge in [-0.15, -0.1) is 0 Å². The fourth-order valence-corrected chi connectivity index (χ4v) is 3.20. The predicted molar refractivity (Wildman–Crippen MR) is 100 cm³/mol. The van der Waals surface area contributed by atoms with Crippen LogP contribution < -0.4 is 4.74 Å².